The van der Waals surface area contributed by atoms with Crippen LogP contribution in [0.1, 0.15) is 18.1 Å². The number of piperazine rings is 1. The molecule has 0 unspecified atom stereocenters. The first-order chi connectivity index (χ1) is 16.0. The Morgan fingerprint density at radius 2 is 1.91 bits per heavy atom. The number of fused-ring (bicyclic) bond motifs is 2. The number of hydrogen-bond acceptors (Lipinski definition) is 7. The number of pyridine rings is 4. The molecule has 0 amide bonds. The Morgan fingerprint density at radius 1 is 1.09 bits per heavy atom. The summed E-state index contributed by atoms with van der Waals surface area (Å²) in [6, 6.07) is 7.92. The number of aromatic nitrogens is 4. The van der Waals surface area contributed by atoms with Crippen molar-refractivity contribution in [2.75, 3.05) is 43.4 Å². The van der Waals surface area contributed by atoms with E-state index in [2.05, 4.69) is 41.1 Å². The average Bonchev–Trinajstić information content (AvgIpc) is 2.83. The molecule has 0 spiro atoms. The Bertz CT molecular complexity index is 1380. The minimum atomic E-state index is -0.0269. The number of aryl methyl sites for hydroxylation is 1. The van der Waals surface area contributed by atoms with Gasteiger partial charge in [-0.3, -0.25) is 19.7 Å². The maximum Gasteiger partial charge on any atom is 0.251 e. The van der Waals surface area contributed by atoms with Gasteiger partial charge in [0, 0.05) is 56.9 Å². The van der Waals surface area contributed by atoms with Gasteiger partial charge < -0.3 is 15.2 Å². The predicted molar refractivity (Wildman–Crippen MR) is 134 cm³/mol. The third kappa shape index (κ3) is 4.28. The van der Waals surface area contributed by atoms with Crippen LogP contribution < -0.4 is 21.4 Å². The van der Waals surface area contributed by atoms with Gasteiger partial charge in [-0.15, -0.1) is 0 Å². The summed E-state index contributed by atoms with van der Waals surface area (Å²) in [7, 11) is 7.77. The van der Waals surface area contributed by atoms with Crippen LogP contribution in [0.3, 0.4) is 0 Å². The summed E-state index contributed by atoms with van der Waals surface area (Å²) in [6.45, 7) is 6.46. The van der Waals surface area contributed by atoms with Gasteiger partial charge >= 0.3 is 0 Å². The zero-order valence-corrected chi connectivity index (χ0v) is 18.9. The molecular weight excluding hydrogens is 413 g/mol. The lowest BCUT2D eigenvalue weighted by molar-refractivity contribution is 0.249. The first-order valence-electron chi connectivity index (χ1n) is 11.3. The predicted octanol–water partition coefficient (Wildman–Crippen LogP) is 1.59. The zero-order valence-electron chi connectivity index (χ0n) is 18.9. The number of hydrogen-bond donors (Lipinski definition) is 2. The van der Waals surface area contributed by atoms with E-state index in [4.69, 9.17) is 7.85 Å². The van der Waals surface area contributed by atoms with Crippen molar-refractivity contribution in [1.82, 2.24) is 24.8 Å². The molecule has 9 heteroatoms. The van der Waals surface area contributed by atoms with Crippen LogP contribution in [-0.4, -0.2) is 65.9 Å². The summed E-state index contributed by atoms with van der Waals surface area (Å²) in [5.41, 5.74) is 5.86. The van der Waals surface area contributed by atoms with E-state index < -0.39 is 0 Å². The van der Waals surface area contributed by atoms with E-state index in [-0.39, 0.29) is 5.56 Å². The summed E-state index contributed by atoms with van der Waals surface area (Å²) in [5, 5.41) is 4.04. The fourth-order valence-corrected chi connectivity index (χ4v) is 4.44. The molecule has 8 nitrogen and oxygen atoms in total. The first kappa shape index (κ1) is 21.4. The normalized spacial score (nSPS) is 14.8. The summed E-state index contributed by atoms with van der Waals surface area (Å²) in [5.74, 6) is 0.692. The van der Waals surface area contributed by atoms with E-state index >= 15 is 0 Å². The maximum atomic E-state index is 12.2. The highest BCUT2D eigenvalue weighted by Crippen LogP contribution is 2.24. The van der Waals surface area contributed by atoms with Crippen molar-refractivity contribution in [1.29, 1.82) is 0 Å². The quantitative estimate of drug-likeness (QED) is 0.457. The lowest BCUT2D eigenvalue weighted by atomic mass is 10.0. The fraction of sp³-hybridized carbons (Fsp3) is 0.333. The van der Waals surface area contributed by atoms with Gasteiger partial charge in [0.2, 0.25) is 0 Å². The number of anilines is 2. The summed E-state index contributed by atoms with van der Waals surface area (Å²) in [6.07, 6.45) is 4.52. The first-order valence-corrected chi connectivity index (χ1v) is 11.3. The van der Waals surface area contributed by atoms with Crippen LogP contribution in [-0.2, 0) is 13.0 Å². The van der Waals surface area contributed by atoms with Gasteiger partial charge in [0.25, 0.3) is 5.56 Å². The Balaban J connectivity index is 1.28. The lowest BCUT2D eigenvalue weighted by Crippen LogP contribution is -2.46. The van der Waals surface area contributed by atoms with E-state index in [1.165, 1.54) is 0 Å². The summed E-state index contributed by atoms with van der Waals surface area (Å²) >= 11 is 0. The standard InChI is InChI=1S/C24H26BN7O/c1-3-16-10-19-20(29-24(16)33)8-15(12-27-19)14-31-4-6-32(7-5-31)18-9-17-11-21(25)30-23(26-2)22(17)28-13-18/h8-13H,3-7,14H2,1-2H3,(H,26,30)(H,29,33). The molecule has 5 heterocycles. The maximum absolute atomic E-state index is 12.2. The molecule has 33 heavy (non-hydrogen) atoms. The second-order valence-corrected chi connectivity index (χ2v) is 8.43. The molecule has 0 saturated carbocycles. The number of nitrogens with one attached hydrogen (secondary N) is 2. The molecule has 4 aromatic heterocycles. The largest absolute Gasteiger partial charge is 0.371 e. The van der Waals surface area contributed by atoms with Crippen LogP contribution in [0.25, 0.3) is 21.9 Å². The van der Waals surface area contributed by atoms with Crippen LogP contribution in [0.5, 0.6) is 0 Å². The van der Waals surface area contributed by atoms with Crippen LogP contribution >= 0.6 is 0 Å². The SMILES string of the molecule is [B]c1cc2cc(N3CCN(Cc4cnc5cc(CC)c(=O)[nH]c5c4)CC3)cnc2c(NC)n1. The Kier molecular flexibility index (Phi) is 5.72. The summed E-state index contributed by atoms with van der Waals surface area (Å²) in [4.78, 5) is 33.4. The van der Waals surface area contributed by atoms with E-state index in [0.29, 0.717) is 17.8 Å². The van der Waals surface area contributed by atoms with Gasteiger partial charge in [0.1, 0.15) is 13.4 Å². The van der Waals surface area contributed by atoms with E-state index in [1.807, 2.05) is 44.6 Å². The van der Waals surface area contributed by atoms with Gasteiger partial charge in [-0.25, -0.2) is 4.98 Å². The topological polar surface area (TPSA) is 90.0 Å². The van der Waals surface area contributed by atoms with Gasteiger partial charge in [0.05, 0.1) is 22.9 Å². The second kappa shape index (κ2) is 8.82. The second-order valence-electron chi connectivity index (χ2n) is 8.43. The van der Waals surface area contributed by atoms with E-state index in [0.717, 1.165) is 71.5 Å². The van der Waals surface area contributed by atoms with Crippen molar-refractivity contribution in [2.45, 2.75) is 19.9 Å². The highest BCUT2D eigenvalue weighted by Gasteiger charge is 2.19. The van der Waals surface area contributed by atoms with Gasteiger partial charge in [-0.1, -0.05) is 6.92 Å². The third-order valence-corrected chi connectivity index (χ3v) is 6.26. The molecule has 0 aliphatic carbocycles. The van der Waals surface area contributed by atoms with Crippen molar-refractivity contribution in [2.24, 2.45) is 0 Å². The van der Waals surface area contributed by atoms with Crippen molar-refractivity contribution in [3.63, 3.8) is 0 Å². The fourth-order valence-electron chi connectivity index (χ4n) is 4.44. The zero-order chi connectivity index (χ0) is 22.9. The highest BCUT2D eigenvalue weighted by atomic mass is 16.1. The van der Waals surface area contributed by atoms with Gasteiger partial charge in [-0.05, 0) is 41.8 Å². The Hall–Kier alpha value is -3.46. The molecule has 0 aromatic carbocycles. The van der Waals surface area contributed by atoms with Gasteiger partial charge in [0.15, 0.2) is 5.82 Å². The van der Waals surface area contributed by atoms with Crippen LogP contribution in [0.2, 0.25) is 0 Å². The number of nitrogens with zero attached hydrogens (tertiary/aromatic N) is 5. The third-order valence-electron chi connectivity index (χ3n) is 6.26. The molecule has 5 rings (SSSR count). The highest BCUT2D eigenvalue weighted by molar-refractivity contribution is 6.31. The van der Waals surface area contributed by atoms with Gasteiger partial charge in [-0.2, -0.15) is 0 Å². The smallest absolute Gasteiger partial charge is 0.251 e. The summed E-state index contributed by atoms with van der Waals surface area (Å²) < 4.78 is 0. The lowest BCUT2D eigenvalue weighted by Gasteiger charge is -2.36. The Morgan fingerprint density at radius 3 is 2.67 bits per heavy atom. The molecule has 0 atom stereocenters. The van der Waals surface area contributed by atoms with Crippen LogP contribution in [0.15, 0.2) is 41.5 Å². The average molecular weight is 439 g/mol. The molecule has 1 aliphatic rings. The molecule has 4 aromatic rings. The monoisotopic (exact) mass is 439 g/mol. The molecule has 2 radical (unpaired) electrons. The minimum Gasteiger partial charge on any atom is -0.371 e. The molecule has 1 aliphatic heterocycles. The minimum absolute atomic E-state index is 0.0269. The molecule has 1 fully saturated rings. The number of H-pyrrole nitrogens is 1. The number of aromatic amines is 1. The van der Waals surface area contributed by atoms with Crippen molar-refractivity contribution in [3.05, 3.63) is 58.1 Å². The molecule has 166 valence electrons. The van der Waals surface area contributed by atoms with E-state index in [9.17, 15) is 4.79 Å². The molecule has 1 saturated heterocycles. The molecule has 0 bridgehead atoms. The molecule has 2 N–H and O–H groups in total. The molecular formula is C24H26BN7O. The van der Waals surface area contributed by atoms with Crippen molar-refractivity contribution >= 4 is 46.9 Å². The van der Waals surface area contributed by atoms with Crippen LogP contribution in [0.4, 0.5) is 11.5 Å². The van der Waals surface area contributed by atoms with E-state index in [1.54, 1.807) is 0 Å². The van der Waals surface area contributed by atoms with Crippen LogP contribution in [0, 0.1) is 0 Å². The number of rotatable bonds is 5. The Labute approximate surface area is 193 Å². The van der Waals surface area contributed by atoms with Crippen molar-refractivity contribution < 1.29 is 0 Å². The van der Waals surface area contributed by atoms with Crippen molar-refractivity contribution in [3.8, 4) is 0 Å².